The van der Waals surface area contributed by atoms with Gasteiger partial charge in [0.25, 0.3) is 0 Å². The Labute approximate surface area is 93.7 Å². The summed E-state index contributed by atoms with van der Waals surface area (Å²) < 4.78 is 0. The molecule has 0 spiro atoms. The molecule has 0 radical (unpaired) electrons. The van der Waals surface area contributed by atoms with Gasteiger partial charge in [-0.2, -0.15) is 0 Å². The summed E-state index contributed by atoms with van der Waals surface area (Å²) in [7, 11) is 0. The predicted octanol–water partition coefficient (Wildman–Crippen LogP) is 3.25. The van der Waals surface area contributed by atoms with Crippen molar-refractivity contribution >= 4 is 22.7 Å². The standard InChI is InChI=1S/C12H14N2S/c1-9-4-5-10(13)7-12(9)14-8-11-3-2-6-15-11/h2-7,14H,8,13H2,1H3. The first-order valence-electron chi connectivity index (χ1n) is 4.88. The molecule has 2 nitrogen and oxygen atoms in total. The fourth-order valence-corrected chi connectivity index (χ4v) is 2.07. The first kappa shape index (κ1) is 10.1. The molecule has 1 heterocycles. The highest BCUT2D eigenvalue weighted by Gasteiger charge is 1.99. The molecule has 3 N–H and O–H groups in total. The van der Waals surface area contributed by atoms with E-state index in [2.05, 4.69) is 29.8 Å². The van der Waals surface area contributed by atoms with Crippen molar-refractivity contribution in [1.29, 1.82) is 0 Å². The third-order valence-electron chi connectivity index (χ3n) is 2.29. The SMILES string of the molecule is Cc1ccc(N)cc1NCc1cccs1. The summed E-state index contributed by atoms with van der Waals surface area (Å²) in [6.45, 7) is 2.94. The van der Waals surface area contributed by atoms with Gasteiger partial charge in [-0.05, 0) is 36.1 Å². The topological polar surface area (TPSA) is 38.0 Å². The van der Waals surface area contributed by atoms with Gasteiger partial charge in [0.2, 0.25) is 0 Å². The van der Waals surface area contributed by atoms with E-state index in [-0.39, 0.29) is 0 Å². The van der Waals surface area contributed by atoms with E-state index in [0.29, 0.717) is 0 Å². The third kappa shape index (κ3) is 2.50. The molecule has 2 aromatic rings. The van der Waals surface area contributed by atoms with Gasteiger partial charge >= 0.3 is 0 Å². The fourth-order valence-electron chi connectivity index (χ4n) is 1.43. The number of anilines is 2. The quantitative estimate of drug-likeness (QED) is 0.776. The molecule has 0 bridgehead atoms. The molecule has 0 unspecified atom stereocenters. The molecule has 0 amide bonds. The Morgan fingerprint density at radius 2 is 2.20 bits per heavy atom. The van der Waals surface area contributed by atoms with E-state index in [4.69, 9.17) is 5.73 Å². The van der Waals surface area contributed by atoms with Crippen molar-refractivity contribution in [2.45, 2.75) is 13.5 Å². The molecule has 78 valence electrons. The van der Waals surface area contributed by atoms with Gasteiger partial charge in [-0.25, -0.2) is 0 Å². The van der Waals surface area contributed by atoms with Crippen LogP contribution in [0.25, 0.3) is 0 Å². The zero-order valence-corrected chi connectivity index (χ0v) is 9.47. The average Bonchev–Trinajstić information content (AvgIpc) is 2.72. The number of nitrogens with one attached hydrogen (secondary N) is 1. The molecule has 1 aromatic heterocycles. The van der Waals surface area contributed by atoms with Crippen molar-refractivity contribution in [2.24, 2.45) is 0 Å². The van der Waals surface area contributed by atoms with Crippen molar-refractivity contribution in [3.8, 4) is 0 Å². The van der Waals surface area contributed by atoms with Crippen molar-refractivity contribution in [3.05, 3.63) is 46.2 Å². The van der Waals surface area contributed by atoms with Crippen LogP contribution in [0.15, 0.2) is 35.7 Å². The first-order chi connectivity index (χ1) is 7.25. The minimum Gasteiger partial charge on any atom is -0.399 e. The molecule has 0 aliphatic heterocycles. The van der Waals surface area contributed by atoms with Gasteiger partial charge in [0.05, 0.1) is 0 Å². The maximum atomic E-state index is 5.74. The summed E-state index contributed by atoms with van der Waals surface area (Å²) in [5.74, 6) is 0. The zero-order valence-electron chi connectivity index (χ0n) is 8.66. The van der Waals surface area contributed by atoms with Crippen LogP contribution in [-0.2, 0) is 6.54 Å². The number of hydrogen-bond donors (Lipinski definition) is 2. The van der Waals surface area contributed by atoms with Gasteiger partial charge < -0.3 is 11.1 Å². The molecule has 2 rings (SSSR count). The van der Waals surface area contributed by atoms with Crippen LogP contribution in [-0.4, -0.2) is 0 Å². The zero-order chi connectivity index (χ0) is 10.7. The van der Waals surface area contributed by atoms with Crippen LogP contribution in [0.2, 0.25) is 0 Å². The Balaban J connectivity index is 2.07. The molecule has 0 fully saturated rings. The molecular weight excluding hydrogens is 204 g/mol. The second-order valence-corrected chi connectivity index (χ2v) is 4.54. The van der Waals surface area contributed by atoms with E-state index < -0.39 is 0 Å². The van der Waals surface area contributed by atoms with Gasteiger partial charge in [0, 0.05) is 22.8 Å². The van der Waals surface area contributed by atoms with E-state index in [9.17, 15) is 0 Å². The van der Waals surface area contributed by atoms with Gasteiger partial charge in [-0.1, -0.05) is 12.1 Å². The normalized spacial score (nSPS) is 10.2. The summed E-state index contributed by atoms with van der Waals surface area (Å²) in [6.07, 6.45) is 0. The number of hydrogen-bond acceptors (Lipinski definition) is 3. The number of benzene rings is 1. The summed E-state index contributed by atoms with van der Waals surface area (Å²) in [5.41, 5.74) is 8.88. The molecule has 0 aliphatic carbocycles. The van der Waals surface area contributed by atoms with Crippen LogP contribution in [0.5, 0.6) is 0 Å². The van der Waals surface area contributed by atoms with Crippen LogP contribution in [0.1, 0.15) is 10.4 Å². The van der Waals surface area contributed by atoms with Crippen LogP contribution in [0.4, 0.5) is 11.4 Å². The number of aryl methyl sites for hydroxylation is 1. The second-order valence-electron chi connectivity index (χ2n) is 3.51. The monoisotopic (exact) mass is 218 g/mol. The van der Waals surface area contributed by atoms with Crippen molar-refractivity contribution in [3.63, 3.8) is 0 Å². The predicted molar refractivity (Wildman–Crippen MR) is 67.2 cm³/mol. The number of thiophene rings is 1. The maximum absolute atomic E-state index is 5.74. The lowest BCUT2D eigenvalue weighted by Gasteiger charge is -2.09. The van der Waals surface area contributed by atoms with Gasteiger partial charge in [0.1, 0.15) is 0 Å². The van der Waals surface area contributed by atoms with Crippen LogP contribution in [0.3, 0.4) is 0 Å². The molecule has 0 atom stereocenters. The summed E-state index contributed by atoms with van der Waals surface area (Å²) in [6, 6.07) is 10.1. The first-order valence-corrected chi connectivity index (χ1v) is 5.76. The Hall–Kier alpha value is -1.48. The Kier molecular flexibility index (Phi) is 2.92. The molecule has 15 heavy (non-hydrogen) atoms. The maximum Gasteiger partial charge on any atom is 0.0494 e. The summed E-state index contributed by atoms with van der Waals surface area (Å²) in [4.78, 5) is 1.33. The van der Waals surface area contributed by atoms with E-state index in [1.54, 1.807) is 11.3 Å². The number of nitrogen functional groups attached to an aromatic ring is 1. The van der Waals surface area contributed by atoms with Crippen molar-refractivity contribution < 1.29 is 0 Å². The van der Waals surface area contributed by atoms with Crippen LogP contribution >= 0.6 is 11.3 Å². The minimum absolute atomic E-state index is 0.800. The summed E-state index contributed by atoms with van der Waals surface area (Å²) in [5, 5.41) is 5.47. The van der Waals surface area contributed by atoms with E-state index in [1.165, 1.54) is 10.4 Å². The van der Waals surface area contributed by atoms with Crippen molar-refractivity contribution in [2.75, 3.05) is 11.1 Å². The fraction of sp³-hybridized carbons (Fsp3) is 0.167. The van der Waals surface area contributed by atoms with Gasteiger partial charge in [0.15, 0.2) is 0 Å². The lowest BCUT2D eigenvalue weighted by Crippen LogP contribution is -2.00. The third-order valence-corrected chi connectivity index (χ3v) is 3.17. The molecule has 0 saturated carbocycles. The molecule has 0 saturated heterocycles. The number of rotatable bonds is 3. The summed E-state index contributed by atoms with van der Waals surface area (Å²) >= 11 is 1.76. The highest BCUT2D eigenvalue weighted by molar-refractivity contribution is 7.09. The van der Waals surface area contributed by atoms with Crippen LogP contribution in [0, 0.1) is 6.92 Å². The number of nitrogens with two attached hydrogens (primary N) is 1. The molecule has 3 heteroatoms. The Bertz CT molecular complexity index is 435. The Morgan fingerprint density at radius 3 is 2.93 bits per heavy atom. The highest BCUT2D eigenvalue weighted by atomic mass is 32.1. The highest BCUT2D eigenvalue weighted by Crippen LogP contribution is 2.19. The minimum atomic E-state index is 0.800. The van der Waals surface area contributed by atoms with Crippen LogP contribution < -0.4 is 11.1 Å². The largest absolute Gasteiger partial charge is 0.399 e. The van der Waals surface area contributed by atoms with E-state index >= 15 is 0 Å². The lowest BCUT2D eigenvalue weighted by atomic mass is 10.2. The van der Waals surface area contributed by atoms with E-state index in [0.717, 1.165) is 17.9 Å². The molecule has 0 aliphatic rings. The second kappa shape index (κ2) is 4.36. The Morgan fingerprint density at radius 1 is 1.33 bits per heavy atom. The molecule has 1 aromatic carbocycles. The van der Waals surface area contributed by atoms with Gasteiger partial charge in [-0.15, -0.1) is 11.3 Å². The van der Waals surface area contributed by atoms with Gasteiger partial charge in [-0.3, -0.25) is 0 Å². The average molecular weight is 218 g/mol. The smallest absolute Gasteiger partial charge is 0.0494 e. The molecular formula is C12H14N2S. The van der Waals surface area contributed by atoms with E-state index in [1.807, 2.05) is 18.2 Å². The van der Waals surface area contributed by atoms with Crippen molar-refractivity contribution in [1.82, 2.24) is 0 Å². The lowest BCUT2D eigenvalue weighted by molar-refractivity contribution is 1.18.